The van der Waals surface area contributed by atoms with E-state index in [1.165, 1.54) is 21.8 Å². The van der Waals surface area contributed by atoms with Crippen LogP contribution in [-0.4, -0.2) is 44.6 Å². The number of benzene rings is 1. The lowest BCUT2D eigenvalue weighted by Gasteiger charge is -2.43. The predicted octanol–water partition coefficient (Wildman–Crippen LogP) is 3.08. The Hall–Kier alpha value is -2.39. The largest absolute Gasteiger partial charge is 0.481 e. The minimum absolute atomic E-state index is 0.0377. The van der Waals surface area contributed by atoms with E-state index < -0.39 is 5.97 Å². The van der Waals surface area contributed by atoms with E-state index >= 15 is 0 Å². The number of likely N-dealkylation sites (tertiary alicyclic amines) is 1. The average Bonchev–Trinajstić information content (AvgIpc) is 3.49. The number of amides is 2. The van der Waals surface area contributed by atoms with Crippen molar-refractivity contribution in [3.8, 4) is 0 Å². The summed E-state index contributed by atoms with van der Waals surface area (Å²) in [5.41, 5.74) is 2.33. The fraction of sp³-hybridized carbons (Fsp3) is 0.500. The van der Waals surface area contributed by atoms with Gasteiger partial charge in [0.1, 0.15) is 0 Å². The minimum atomic E-state index is -0.919. The van der Waals surface area contributed by atoms with Crippen LogP contribution in [0.4, 0.5) is 0 Å². The number of nitrogens with zero attached hydrogens (tertiary/aromatic N) is 1. The molecule has 2 bridgehead atoms. The zero-order valence-electron chi connectivity index (χ0n) is 18.0. The molecule has 172 valence electrons. The molecule has 0 radical (unpaired) electrons. The van der Waals surface area contributed by atoms with Crippen molar-refractivity contribution < 1.29 is 19.5 Å². The predicted molar refractivity (Wildman–Crippen MR) is 123 cm³/mol. The second kappa shape index (κ2) is 7.56. The summed E-state index contributed by atoms with van der Waals surface area (Å²) < 4.78 is 0. The van der Waals surface area contributed by atoms with Crippen LogP contribution in [0.1, 0.15) is 41.2 Å². The van der Waals surface area contributed by atoms with Gasteiger partial charge >= 0.3 is 10.8 Å². The fourth-order valence-electron chi connectivity index (χ4n) is 6.83. The molecular formula is C24H24N2O5S2. The van der Waals surface area contributed by atoms with Crippen molar-refractivity contribution in [2.45, 2.75) is 42.4 Å². The molecule has 4 aliphatic rings. The lowest BCUT2D eigenvalue weighted by Crippen LogP contribution is -2.42. The van der Waals surface area contributed by atoms with E-state index in [2.05, 4.69) is 29.2 Å². The summed E-state index contributed by atoms with van der Waals surface area (Å²) in [6.07, 6.45) is 1.09. The quantitative estimate of drug-likeness (QED) is 0.632. The van der Waals surface area contributed by atoms with Gasteiger partial charge in [-0.05, 0) is 43.1 Å². The maximum absolute atomic E-state index is 13.4. The molecule has 1 aromatic carbocycles. The molecule has 3 heterocycles. The zero-order valence-corrected chi connectivity index (χ0v) is 19.7. The van der Waals surface area contributed by atoms with Gasteiger partial charge in [-0.15, -0.1) is 11.8 Å². The molecule has 33 heavy (non-hydrogen) atoms. The van der Waals surface area contributed by atoms with Crippen molar-refractivity contribution >= 4 is 40.9 Å². The van der Waals surface area contributed by atoms with E-state index in [-0.39, 0.29) is 76.8 Å². The number of aromatic amines is 1. The van der Waals surface area contributed by atoms with Crippen molar-refractivity contribution in [2.24, 2.45) is 29.6 Å². The normalized spacial score (nSPS) is 33.8. The Balaban J connectivity index is 1.37. The third-order valence-corrected chi connectivity index (χ3v) is 10.6. The third kappa shape index (κ3) is 3.08. The molecule has 9 heteroatoms. The van der Waals surface area contributed by atoms with Crippen molar-refractivity contribution in [1.29, 1.82) is 0 Å². The van der Waals surface area contributed by atoms with E-state index in [9.17, 15) is 19.2 Å². The van der Waals surface area contributed by atoms with Gasteiger partial charge in [0, 0.05) is 29.0 Å². The molecule has 0 spiro atoms. The van der Waals surface area contributed by atoms with Gasteiger partial charge in [-0.3, -0.25) is 24.1 Å². The monoisotopic (exact) mass is 484 g/mol. The molecule has 2 saturated carbocycles. The van der Waals surface area contributed by atoms with Gasteiger partial charge in [0.05, 0.1) is 16.9 Å². The molecule has 2 aliphatic heterocycles. The molecule has 3 fully saturated rings. The number of carbonyl (C=O) groups excluding carboxylic acids is 2. The van der Waals surface area contributed by atoms with Gasteiger partial charge in [0.25, 0.3) is 0 Å². The minimum Gasteiger partial charge on any atom is -0.481 e. The maximum Gasteiger partial charge on any atom is 0.305 e. The Kier molecular flexibility index (Phi) is 4.85. The van der Waals surface area contributed by atoms with Gasteiger partial charge in [-0.2, -0.15) is 0 Å². The van der Waals surface area contributed by atoms with Crippen LogP contribution in [0, 0.1) is 36.5 Å². The van der Waals surface area contributed by atoms with E-state index in [1.807, 2.05) is 6.92 Å². The van der Waals surface area contributed by atoms with Gasteiger partial charge < -0.3 is 10.1 Å². The van der Waals surface area contributed by atoms with Crippen LogP contribution in [-0.2, 0) is 14.4 Å². The molecule has 2 aromatic rings. The summed E-state index contributed by atoms with van der Waals surface area (Å²) in [7, 11) is 0. The van der Waals surface area contributed by atoms with Crippen molar-refractivity contribution in [3.63, 3.8) is 0 Å². The first-order valence-electron chi connectivity index (χ1n) is 11.4. The average molecular weight is 485 g/mol. The van der Waals surface area contributed by atoms with Crippen LogP contribution in [0.3, 0.4) is 0 Å². The first-order valence-corrected chi connectivity index (χ1v) is 13.1. The van der Waals surface area contributed by atoms with E-state index in [4.69, 9.17) is 5.11 Å². The number of aryl methyl sites for hydroxylation is 1. The molecule has 7 atom stereocenters. The van der Waals surface area contributed by atoms with Gasteiger partial charge in [-0.25, -0.2) is 0 Å². The second-order valence-electron chi connectivity index (χ2n) is 9.70. The number of rotatable bonds is 5. The molecule has 2 aliphatic carbocycles. The molecule has 0 unspecified atom stereocenters. The summed E-state index contributed by atoms with van der Waals surface area (Å²) in [6, 6.07) is 8.44. The Bertz CT molecular complexity index is 1220. The van der Waals surface area contributed by atoms with Crippen molar-refractivity contribution in [1.82, 2.24) is 9.88 Å². The summed E-state index contributed by atoms with van der Waals surface area (Å²) in [6.45, 7) is 2.23. The van der Waals surface area contributed by atoms with E-state index in [1.54, 1.807) is 11.8 Å². The Morgan fingerprint density at radius 3 is 2.52 bits per heavy atom. The Labute approximate surface area is 198 Å². The highest BCUT2D eigenvalue weighted by molar-refractivity contribution is 8.00. The molecule has 2 amide bonds. The summed E-state index contributed by atoms with van der Waals surface area (Å²) >= 11 is 2.95. The molecule has 7 nitrogen and oxygen atoms in total. The van der Waals surface area contributed by atoms with Crippen molar-refractivity contribution in [2.75, 3.05) is 6.54 Å². The molecule has 1 saturated heterocycles. The number of hydrogen-bond donors (Lipinski definition) is 2. The number of carboxylic acids is 1. The number of aromatic nitrogens is 1. The van der Waals surface area contributed by atoms with Crippen LogP contribution in [0.5, 0.6) is 0 Å². The number of carboxylic acid groups (broad SMARTS) is 1. The maximum atomic E-state index is 13.4. The van der Waals surface area contributed by atoms with Crippen molar-refractivity contribution in [3.05, 3.63) is 49.9 Å². The summed E-state index contributed by atoms with van der Waals surface area (Å²) in [5.74, 6) is -1.38. The van der Waals surface area contributed by atoms with Gasteiger partial charge in [0.15, 0.2) is 0 Å². The summed E-state index contributed by atoms with van der Waals surface area (Å²) in [4.78, 5) is 55.1. The molecular weight excluding hydrogens is 460 g/mol. The zero-order chi connectivity index (χ0) is 23.0. The first kappa shape index (κ1) is 21.2. The van der Waals surface area contributed by atoms with E-state index in [0.29, 0.717) is 0 Å². The Morgan fingerprint density at radius 1 is 1.12 bits per heavy atom. The van der Waals surface area contributed by atoms with Crippen LogP contribution >= 0.6 is 23.1 Å². The third-order valence-electron chi connectivity index (χ3n) is 8.02. The Morgan fingerprint density at radius 2 is 1.82 bits per heavy atom. The number of imide groups is 1. The smallest absolute Gasteiger partial charge is 0.305 e. The highest BCUT2D eigenvalue weighted by Crippen LogP contribution is 2.68. The SMILES string of the molecule is Cc1ccc([C@@H]2c3sc(=O)[nH]c3S[C@@H]3[C@H]4C[C@@H]([C@@H]5C(=O)N(CCCC(=O)O)C(=O)[C@@H]45)[C@@H]23)cc1. The van der Waals surface area contributed by atoms with Crippen LogP contribution in [0.2, 0.25) is 0 Å². The number of nitrogens with one attached hydrogen (secondary N) is 1. The number of aliphatic carboxylic acids is 1. The lowest BCUT2D eigenvalue weighted by atomic mass is 9.68. The summed E-state index contributed by atoms with van der Waals surface area (Å²) in [5, 5.41) is 10.0. The topological polar surface area (TPSA) is 108 Å². The van der Waals surface area contributed by atoms with E-state index in [0.717, 1.165) is 21.9 Å². The fourth-order valence-corrected chi connectivity index (χ4v) is 9.72. The number of fused-ring (bicyclic) bond motifs is 9. The van der Waals surface area contributed by atoms with Crippen LogP contribution in [0.25, 0.3) is 0 Å². The number of thioether (sulfide) groups is 1. The second-order valence-corrected chi connectivity index (χ2v) is 11.9. The molecule has 1 aromatic heterocycles. The number of hydrogen-bond acceptors (Lipinski definition) is 6. The molecule has 6 rings (SSSR count). The number of thiazole rings is 1. The van der Waals surface area contributed by atoms with Crippen LogP contribution in [0.15, 0.2) is 34.1 Å². The van der Waals surface area contributed by atoms with Gasteiger partial charge in [-0.1, -0.05) is 41.2 Å². The highest BCUT2D eigenvalue weighted by atomic mass is 32.2. The number of carbonyl (C=O) groups is 3. The van der Waals surface area contributed by atoms with Gasteiger partial charge in [0.2, 0.25) is 11.8 Å². The lowest BCUT2D eigenvalue weighted by molar-refractivity contribution is -0.142. The van der Waals surface area contributed by atoms with Crippen LogP contribution < -0.4 is 4.87 Å². The first-order chi connectivity index (χ1) is 15.8. The molecule has 2 N–H and O–H groups in total. The number of H-pyrrole nitrogens is 1. The highest BCUT2D eigenvalue weighted by Gasteiger charge is 2.69. The standard InChI is InChI=1S/C24H24N2O5S2/c1-10-4-6-11(7-5-10)15-16-12-9-13(19(16)32-21-20(15)33-24(31)25-21)18-17(12)22(29)26(23(18)30)8-2-3-14(27)28/h4-7,12-13,15-19H,2-3,8-9H2,1H3,(H,25,31)(H,27,28)/t12-,13+,15+,16+,17+,18+,19-/m1/s1.